The van der Waals surface area contributed by atoms with Crippen LogP contribution in [-0.4, -0.2) is 40.5 Å². The molecule has 0 spiro atoms. The van der Waals surface area contributed by atoms with E-state index in [9.17, 15) is 13.6 Å². The van der Waals surface area contributed by atoms with Crippen LogP contribution in [0.3, 0.4) is 0 Å². The number of Topliss-reactive ketones (excluding diaryl/α,β-unsaturated/α-hetero) is 1. The molecule has 0 bridgehead atoms. The second kappa shape index (κ2) is 8.24. The first kappa shape index (κ1) is 19.4. The van der Waals surface area contributed by atoms with E-state index in [1.807, 2.05) is 16.8 Å². The van der Waals surface area contributed by atoms with Crippen molar-refractivity contribution in [1.82, 2.24) is 14.4 Å². The smallest absolute Gasteiger partial charge is 0.280 e. The van der Waals surface area contributed by atoms with Crippen molar-refractivity contribution in [3.63, 3.8) is 0 Å². The third-order valence-corrected chi connectivity index (χ3v) is 5.04. The molecule has 4 rings (SSSR count). The van der Waals surface area contributed by atoms with E-state index in [1.165, 1.54) is 18.2 Å². The first-order chi connectivity index (χ1) is 14.0. The van der Waals surface area contributed by atoms with Crippen LogP contribution in [0.1, 0.15) is 52.6 Å². The normalized spacial score (nSPS) is 17.0. The van der Waals surface area contributed by atoms with Gasteiger partial charge in [0, 0.05) is 31.3 Å². The lowest BCUT2D eigenvalue weighted by molar-refractivity contribution is 0.0794. The third kappa shape index (κ3) is 4.12. The van der Waals surface area contributed by atoms with E-state index >= 15 is 0 Å². The Labute approximate surface area is 166 Å². The highest BCUT2D eigenvalue weighted by Gasteiger charge is 2.21. The second-order valence-electron chi connectivity index (χ2n) is 7.08. The topological polar surface area (TPSA) is 65.7 Å². The first-order valence-electron chi connectivity index (χ1n) is 9.46. The Morgan fingerprint density at radius 1 is 1.34 bits per heavy atom. The van der Waals surface area contributed by atoms with Crippen LogP contribution in [0.4, 0.5) is 8.78 Å². The summed E-state index contributed by atoms with van der Waals surface area (Å²) in [6, 6.07) is 5.82. The van der Waals surface area contributed by atoms with Crippen LogP contribution in [0.5, 0.6) is 5.75 Å². The molecule has 0 amide bonds. The predicted octanol–water partition coefficient (Wildman–Crippen LogP) is 3.99. The molecule has 4 heterocycles. The van der Waals surface area contributed by atoms with Gasteiger partial charge in [-0.1, -0.05) is 6.07 Å². The van der Waals surface area contributed by atoms with Crippen molar-refractivity contribution < 1.29 is 23.0 Å². The molecular formula is C21H21F2N3O3. The highest BCUT2D eigenvalue weighted by Crippen LogP contribution is 2.28. The molecule has 0 aromatic carbocycles. The number of carbonyl (C=O) groups is 1. The van der Waals surface area contributed by atoms with Crippen LogP contribution in [0.2, 0.25) is 0 Å². The van der Waals surface area contributed by atoms with E-state index in [2.05, 4.69) is 4.98 Å². The molecular weight excluding hydrogens is 380 g/mol. The van der Waals surface area contributed by atoms with Gasteiger partial charge in [-0.25, -0.2) is 18.7 Å². The SMILES string of the molecule is COc1cc(CC(=O)c2cccc(C(F)F)n2)cn2cc(C3CCCOC3)nc12. The van der Waals surface area contributed by atoms with Gasteiger partial charge in [-0.2, -0.15) is 0 Å². The molecule has 3 aromatic rings. The fourth-order valence-electron chi connectivity index (χ4n) is 3.56. The van der Waals surface area contributed by atoms with Crippen LogP contribution in [0, 0.1) is 0 Å². The molecule has 0 radical (unpaired) electrons. The zero-order chi connectivity index (χ0) is 20.4. The second-order valence-corrected chi connectivity index (χ2v) is 7.08. The molecule has 1 atom stereocenters. The maximum atomic E-state index is 12.9. The van der Waals surface area contributed by atoms with Crippen molar-refractivity contribution in [1.29, 1.82) is 0 Å². The number of ketones is 1. The quantitative estimate of drug-likeness (QED) is 0.584. The third-order valence-electron chi connectivity index (χ3n) is 5.04. The average molecular weight is 401 g/mol. The Hall–Kier alpha value is -2.87. The van der Waals surface area contributed by atoms with Crippen LogP contribution in [0.25, 0.3) is 5.65 Å². The summed E-state index contributed by atoms with van der Waals surface area (Å²) < 4.78 is 38.6. The van der Waals surface area contributed by atoms with Gasteiger partial charge in [-0.3, -0.25) is 4.79 Å². The summed E-state index contributed by atoms with van der Waals surface area (Å²) in [5.74, 6) is 0.446. The van der Waals surface area contributed by atoms with Gasteiger partial charge in [-0.05, 0) is 36.6 Å². The molecule has 152 valence electrons. The van der Waals surface area contributed by atoms with E-state index in [0.717, 1.165) is 25.1 Å². The Morgan fingerprint density at radius 2 is 2.21 bits per heavy atom. The van der Waals surface area contributed by atoms with Gasteiger partial charge in [-0.15, -0.1) is 0 Å². The van der Waals surface area contributed by atoms with E-state index in [4.69, 9.17) is 14.5 Å². The molecule has 3 aromatic heterocycles. The lowest BCUT2D eigenvalue weighted by Crippen LogP contribution is -2.15. The summed E-state index contributed by atoms with van der Waals surface area (Å²) in [6.45, 7) is 1.42. The number of imidazole rings is 1. The number of hydrogen-bond acceptors (Lipinski definition) is 5. The molecule has 0 N–H and O–H groups in total. The minimum atomic E-state index is -2.72. The van der Waals surface area contributed by atoms with Gasteiger partial charge >= 0.3 is 0 Å². The van der Waals surface area contributed by atoms with E-state index < -0.39 is 12.1 Å². The Bertz CT molecular complexity index is 1030. The van der Waals surface area contributed by atoms with Gasteiger partial charge in [0.1, 0.15) is 11.4 Å². The van der Waals surface area contributed by atoms with Crippen molar-refractivity contribution in [2.45, 2.75) is 31.6 Å². The van der Waals surface area contributed by atoms with E-state index in [0.29, 0.717) is 23.6 Å². The molecule has 0 aliphatic carbocycles. The highest BCUT2D eigenvalue weighted by molar-refractivity contribution is 5.95. The largest absolute Gasteiger partial charge is 0.493 e. The molecule has 29 heavy (non-hydrogen) atoms. The van der Waals surface area contributed by atoms with Gasteiger partial charge in [0.05, 0.1) is 19.4 Å². The molecule has 1 aliphatic rings. The molecule has 1 aliphatic heterocycles. The zero-order valence-electron chi connectivity index (χ0n) is 16.0. The molecule has 0 saturated carbocycles. The Balaban J connectivity index is 1.62. The van der Waals surface area contributed by atoms with Crippen molar-refractivity contribution in [3.8, 4) is 5.75 Å². The molecule has 1 saturated heterocycles. The van der Waals surface area contributed by atoms with Gasteiger partial charge in [0.15, 0.2) is 17.2 Å². The number of nitrogens with zero attached hydrogens (tertiary/aromatic N) is 3. The number of fused-ring (bicyclic) bond motifs is 1. The van der Waals surface area contributed by atoms with Crippen molar-refractivity contribution in [3.05, 3.63) is 59.3 Å². The van der Waals surface area contributed by atoms with Gasteiger partial charge in [0.25, 0.3) is 6.43 Å². The fourth-order valence-corrected chi connectivity index (χ4v) is 3.56. The number of hydrogen-bond donors (Lipinski definition) is 0. The maximum Gasteiger partial charge on any atom is 0.280 e. The number of methoxy groups -OCH3 is 1. The Kier molecular flexibility index (Phi) is 5.53. The number of aromatic nitrogens is 3. The summed E-state index contributed by atoms with van der Waals surface area (Å²) in [4.78, 5) is 21.1. The summed E-state index contributed by atoms with van der Waals surface area (Å²) >= 11 is 0. The van der Waals surface area contributed by atoms with Crippen LogP contribution >= 0.6 is 0 Å². The number of pyridine rings is 2. The monoisotopic (exact) mass is 401 g/mol. The zero-order valence-corrected chi connectivity index (χ0v) is 16.0. The number of ether oxygens (including phenoxy) is 2. The maximum absolute atomic E-state index is 12.9. The lowest BCUT2D eigenvalue weighted by Gasteiger charge is -2.19. The number of carbonyl (C=O) groups excluding carboxylic acids is 1. The number of halogens is 2. The average Bonchev–Trinajstić information content (AvgIpc) is 3.18. The fraction of sp³-hybridized carbons (Fsp3) is 0.381. The minimum Gasteiger partial charge on any atom is -0.493 e. The first-order valence-corrected chi connectivity index (χ1v) is 9.46. The van der Waals surface area contributed by atoms with Crippen molar-refractivity contribution in [2.75, 3.05) is 20.3 Å². The lowest BCUT2D eigenvalue weighted by atomic mass is 9.99. The highest BCUT2D eigenvalue weighted by atomic mass is 19.3. The summed E-state index contributed by atoms with van der Waals surface area (Å²) in [5.41, 5.74) is 1.90. The van der Waals surface area contributed by atoms with Gasteiger partial charge < -0.3 is 13.9 Å². The molecule has 1 unspecified atom stereocenters. The standard InChI is InChI=1S/C21H21F2N3O3/c1-28-19-9-13(8-18(27)15-5-2-6-16(24-15)20(22)23)10-26-11-17(25-21(19)26)14-4-3-7-29-12-14/h2,5-6,9-11,14,20H,3-4,7-8,12H2,1H3. The van der Waals surface area contributed by atoms with E-state index in [-0.39, 0.29) is 23.8 Å². The molecule has 6 nitrogen and oxygen atoms in total. The minimum absolute atomic E-state index is 0.0199. The number of rotatable bonds is 6. The summed E-state index contributed by atoms with van der Waals surface area (Å²) in [7, 11) is 1.55. The van der Waals surface area contributed by atoms with Crippen molar-refractivity contribution >= 4 is 11.4 Å². The summed E-state index contributed by atoms with van der Waals surface area (Å²) in [6.07, 6.45) is 3.07. The Morgan fingerprint density at radius 3 is 2.93 bits per heavy atom. The molecule has 8 heteroatoms. The molecule has 1 fully saturated rings. The van der Waals surface area contributed by atoms with Crippen LogP contribution < -0.4 is 4.74 Å². The van der Waals surface area contributed by atoms with Crippen LogP contribution in [0.15, 0.2) is 36.7 Å². The van der Waals surface area contributed by atoms with Crippen molar-refractivity contribution in [2.24, 2.45) is 0 Å². The van der Waals surface area contributed by atoms with Gasteiger partial charge in [0.2, 0.25) is 0 Å². The number of alkyl halides is 2. The summed E-state index contributed by atoms with van der Waals surface area (Å²) in [5, 5.41) is 0. The van der Waals surface area contributed by atoms with Crippen LogP contribution in [-0.2, 0) is 11.2 Å². The van der Waals surface area contributed by atoms with E-state index in [1.54, 1.807) is 13.2 Å². The predicted molar refractivity (Wildman–Crippen MR) is 102 cm³/mol.